The van der Waals surface area contributed by atoms with Gasteiger partial charge < -0.3 is 15.0 Å². The van der Waals surface area contributed by atoms with E-state index >= 15 is 0 Å². The predicted molar refractivity (Wildman–Crippen MR) is 81.3 cm³/mol. The summed E-state index contributed by atoms with van der Waals surface area (Å²) in [5.41, 5.74) is 1.05. The lowest BCUT2D eigenvalue weighted by molar-refractivity contribution is -0.130. The number of carbonyl (C=O) groups is 2. The fraction of sp³-hybridized carbons (Fsp3) is 0.533. The van der Waals surface area contributed by atoms with Crippen LogP contribution < -0.4 is 5.32 Å². The molecule has 0 saturated carbocycles. The van der Waals surface area contributed by atoms with Gasteiger partial charge in [-0.05, 0) is 32.9 Å². The minimum absolute atomic E-state index is 0.121. The fourth-order valence-corrected chi connectivity index (χ4v) is 2.02. The third-order valence-electron chi connectivity index (χ3n) is 3.25. The number of nitrogens with one attached hydrogen (secondary N) is 1. The molecule has 0 saturated heterocycles. The van der Waals surface area contributed by atoms with E-state index in [9.17, 15) is 9.59 Å². The van der Waals surface area contributed by atoms with E-state index in [0.29, 0.717) is 30.0 Å². The Labute approximate surface area is 125 Å². The van der Waals surface area contributed by atoms with Gasteiger partial charge in [-0.25, -0.2) is 9.78 Å². The first kappa shape index (κ1) is 16.9. The molecule has 116 valence electrons. The zero-order valence-corrected chi connectivity index (χ0v) is 13.1. The SMILES string of the molecule is CCN(CC)C(=O)CCNc1ccc(C(=O)OC)c(C)n1. The molecule has 0 bridgehead atoms. The van der Waals surface area contributed by atoms with Crippen LogP contribution in [0.5, 0.6) is 0 Å². The molecular formula is C15H23N3O3. The molecule has 0 atom stereocenters. The van der Waals surface area contributed by atoms with Gasteiger partial charge in [0, 0.05) is 26.1 Å². The summed E-state index contributed by atoms with van der Waals surface area (Å²) in [6.45, 7) is 7.63. The van der Waals surface area contributed by atoms with E-state index in [1.165, 1.54) is 7.11 Å². The molecule has 1 rings (SSSR count). The number of hydrogen-bond donors (Lipinski definition) is 1. The molecule has 1 N–H and O–H groups in total. The lowest BCUT2D eigenvalue weighted by Gasteiger charge is -2.18. The van der Waals surface area contributed by atoms with E-state index in [-0.39, 0.29) is 5.91 Å². The summed E-state index contributed by atoms with van der Waals surface area (Å²) in [6, 6.07) is 3.38. The summed E-state index contributed by atoms with van der Waals surface area (Å²) < 4.78 is 4.67. The molecule has 0 aliphatic carbocycles. The second-order valence-corrected chi connectivity index (χ2v) is 4.56. The van der Waals surface area contributed by atoms with Gasteiger partial charge in [0.2, 0.25) is 5.91 Å². The number of anilines is 1. The van der Waals surface area contributed by atoms with Crippen molar-refractivity contribution in [2.45, 2.75) is 27.2 Å². The van der Waals surface area contributed by atoms with Crippen molar-refractivity contribution in [3.05, 3.63) is 23.4 Å². The monoisotopic (exact) mass is 293 g/mol. The minimum Gasteiger partial charge on any atom is -0.465 e. The predicted octanol–water partition coefficient (Wildman–Crippen LogP) is 1.85. The number of ether oxygens (including phenoxy) is 1. The van der Waals surface area contributed by atoms with Crippen molar-refractivity contribution in [1.29, 1.82) is 0 Å². The molecule has 0 aliphatic rings. The summed E-state index contributed by atoms with van der Waals surface area (Å²) in [5, 5.41) is 3.09. The quantitative estimate of drug-likeness (QED) is 0.777. The number of amides is 1. The highest BCUT2D eigenvalue weighted by atomic mass is 16.5. The minimum atomic E-state index is -0.400. The highest BCUT2D eigenvalue weighted by molar-refractivity contribution is 5.90. The number of pyridine rings is 1. The highest BCUT2D eigenvalue weighted by Gasteiger charge is 2.11. The van der Waals surface area contributed by atoms with E-state index in [1.807, 2.05) is 13.8 Å². The molecule has 0 fully saturated rings. The van der Waals surface area contributed by atoms with Gasteiger partial charge in [-0.1, -0.05) is 0 Å². The number of rotatable bonds is 7. The van der Waals surface area contributed by atoms with Crippen LogP contribution in [0, 0.1) is 6.92 Å². The summed E-state index contributed by atoms with van der Waals surface area (Å²) in [5.74, 6) is 0.367. The van der Waals surface area contributed by atoms with E-state index < -0.39 is 5.97 Å². The van der Waals surface area contributed by atoms with Gasteiger partial charge >= 0.3 is 5.97 Å². The van der Waals surface area contributed by atoms with Crippen LogP contribution in [-0.2, 0) is 9.53 Å². The fourth-order valence-electron chi connectivity index (χ4n) is 2.02. The summed E-state index contributed by atoms with van der Waals surface area (Å²) in [4.78, 5) is 29.4. The lowest BCUT2D eigenvalue weighted by atomic mass is 10.2. The number of aromatic nitrogens is 1. The molecule has 1 aromatic rings. The molecule has 21 heavy (non-hydrogen) atoms. The van der Waals surface area contributed by atoms with Crippen molar-refractivity contribution in [1.82, 2.24) is 9.88 Å². The Bertz CT molecular complexity index is 499. The first-order chi connectivity index (χ1) is 10.0. The smallest absolute Gasteiger partial charge is 0.339 e. The van der Waals surface area contributed by atoms with Gasteiger partial charge in [-0.3, -0.25) is 4.79 Å². The topological polar surface area (TPSA) is 71.5 Å². The van der Waals surface area contributed by atoms with Crippen LogP contribution in [0.2, 0.25) is 0 Å². The number of hydrogen-bond acceptors (Lipinski definition) is 5. The van der Waals surface area contributed by atoms with Crippen molar-refractivity contribution in [3.8, 4) is 0 Å². The van der Waals surface area contributed by atoms with Gasteiger partial charge in [-0.2, -0.15) is 0 Å². The van der Waals surface area contributed by atoms with Crippen LogP contribution in [-0.4, -0.2) is 48.5 Å². The Hall–Kier alpha value is -2.11. The van der Waals surface area contributed by atoms with E-state index in [2.05, 4.69) is 15.0 Å². The highest BCUT2D eigenvalue weighted by Crippen LogP contribution is 2.11. The molecule has 1 heterocycles. The number of nitrogens with zero attached hydrogens (tertiary/aromatic N) is 2. The van der Waals surface area contributed by atoms with E-state index in [4.69, 9.17) is 0 Å². The largest absolute Gasteiger partial charge is 0.465 e. The van der Waals surface area contributed by atoms with Gasteiger partial charge in [0.05, 0.1) is 18.4 Å². The summed E-state index contributed by atoms with van der Waals surface area (Å²) >= 11 is 0. The molecule has 1 aromatic heterocycles. The van der Waals surface area contributed by atoms with Crippen LogP contribution in [0.25, 0.3) is 0 Å². The third-order valence-corrected chi connectivity index (χ3v) is 3.25. The first-order valence-electron chi connectivity index (χ1n) is 7.11. The van der Waals surface area contributed by atoms with Crippen molar-refractivity contribution in [3.63, 3.8) is 0 Å². The van der Waals surface area contributed by atoms with Gasteiger partial charge in [0.15, 0.2) is 0 Å². The zero-order valence-electron chi connectivity index (χ0n) is 13.1. The molecule has 1 amide bonds. The number of carbonyl (C=O) groups excluding carboxylic acids is 2. The molecule has 0 aromatic carbocycles. The molecule has 6 nitrogen and oxygen atoms in total. The number of aryl methyl sites for hydroxylation is 1. The molecule has 0 aliphatic heterocycles. The number of esters is 1. The molecule has 0 unspecified atom stereocenters. The normalized spacial score (nSPS) is 10.1. The maximum Gasteiger partial charge on any atom is 0.339 e. The standard InChI is InChI=1S/C15H23N3O3/c1-5-18(6-2)14(19)9-10-16-13-8-7-12(11(3)17-13)15(20)21-4/h7-8H,5-6,9-10H2,1-4H3,(H,16,17). The maximum absolute atomic E-state index is 11.8. The second kappa shape index (κ2) is 8.24. The van der Waals surface area contributed by atoms with Crippen molar-refractivity contribution >= 4 is 17.7 Å². The van der Waals surface area contributed by atoms with Crippen molar-refractivity contribution in [2.24, 2.45) is 0 Å². The van der Waals surface area contributed by atoms with Crippen LogP contribution in [0.4, 0.5) is 5.82 Å². The summed E-state index contributed by atoms with van der Waals surface area (Å²) in [7, 11) is 1.34. The Morgan fingerprint density at radius 1 is 1.29 bits per heavy atom. The van der Waals surface area contributed by atoms with Gasteiger partial charge in [0.25, 0.3) is 0 Å². The Kier molecular flexibility index (Phi) is 6.65. The number of methoxy groups -OCH3 is 1. The van der Waals surface area contributed by atoms with E-state index in [0.717, 1.165) is 13.1 Å². The Morgan fingerprint density at radius 3 is 2.48 bits per heavy atom. The van der Waals surface area contributed by atoms with Gasteiger partial charge in [0.1, 0.15) is 5.82 Å². The molecule has 0 radical (unpaired) electrons. The molecular weight excluding hydrogens is 270 g/mol. The molecule has 0 spiro atoms. The van der Waals surface area contributed by atoms with Crippen LogP contribution in [0.3, 0.4) is 0 Å². The van der Waals surface area contributed by atoms with Crippen molar-refractivity contribution in [2.75, 3.05) is 32.1 Å². The average molecular weight is 293 g/mol. The maximum atomic E-state index is 11.8. The molecule has 6 heteroatoms. The zero-order chi connectivity index (χ0) is 15.8. The third kappa shape index (κ3) is 4.73. The van der Waals surface area contributed by atoms with Gasteiger partial charge in [-0.15, -0.1) is 0 Å². The average Bonchev–Trinajstić information content (AvgIpc) is 2.48. The summed E-state index contributed by atoms with van der Waals surface area (Å²) in [6.07, 6.45) is 0.418. The van der Waals surface area contributed by atoms with Crippen LogP contribution in [0.1, 0.15) is 36.3 Å². The lowest BCUT2D eigenvalue weighted by Crippen LogP contribution is -2.31. The Morgan fingerprint density at radius 2 is 1.95 bits per heavy atom. The first-order valence-corrected chi connectivity index (χ1v) is 7.11. The van der Waals surface area contributed by atoms with Crippen molar-refractivity contribution < 1.29 is 14.3 Å². The second-order valence-electron chi connectivity index (χ2n) is 4.56. The van der Waals surface area contributed by atoms with E-state index in [1.54, 1.807) is 24.0 Å². The van der Waals surface area contributed by atoms with Crippen LogP contribution in [0.15, 0.2) is 12.1 Å². The Balaban J connectivity index is 2.55. The van der Waals surface area contributed by atoms with Crippen LogP contribution >= 0.6 is 0 Å².